The standard InChI is InChI=1S/C24H21F2N3O8S2/c1-35-20-8-9-27-18(21(20)36-2)12-38(32)24-28-17-7-6-16(37-23(25)26)11-19(17)29(24)39(33,34)13-14-4-3-5-15(10-14)22(30)31/h3-11,23H,12-13H2,1-2H3,(H,30,31). The Bertz CT molecular complexity index is 1680. The summed E-state index contributed by atoms with van der Waals surface area (Å²) in [5.41, 5.74) is 0.0855. The van der Waals surface area contributed by atoms with Crippen molar-refractivity contribution in [3.63, 3.8) is 0 Å². The van der Waals surface area contributed by atoms with Crippen LogP contribution in [0.4, 0.5) is 8.78 Å². The van der Waals surface area contributed by atoms with Crippen molar-refractivity contribution in [2.75, 3.05) is 14.2 Å². The first-order chi connectivity index (χ1) is 18.5. The minimum Gasteiger partial charge on any atom is -0.493 e. The third-order valence-corrected chi connectivity index (χ3v) is 8.38. The number of ether oxygens (including phenoxy) is 3. The highest BCUT2D eigenvalue weighted by Gasteiger charge is 2.28. The molecule has 0 amide bonds. The molecule has 0 saturated heterocycles. The maximum atomic E-state index is 13.7. The number of aromatic carboxylic acids is 1. The predicted octanol–water partition coefficient (Wildman–Crippen LogP) is 3.43. The number of hydrogen-bond acceptors (Lipinski definition) is 9. The molecule has 2 aromatic heterocycles. The zero-order valence-electron chi connectivity index (χ0n) is 20.4. The molecule has 4 aromatic rings. The Hall–Kier alpha value is -4.11. The summed E-state index contributed by atoms with van der Waals surface area (Å²) in [4.78, 5) is 19.8. The molecule has 1 atom stereocenters. The van der Waals surface area contributed by atoms with E-state index in [2.05, 4.69) is 14.7 Å². The molecule has 2 aromatic carbocycles. The van der Waals surface area contributed by atoms with Gasteiger partial charge in [-0.2, -0.15) is 8.78 Å². The van der Waals surface area contributed by atoms with E-state index in [1.807, 2.05) is 0 Å². The first-order valence-electron chi connectivity index (χ1n) is 11.0. The maximum absolute atomic E-state index is 13.7. The Labute approximate surface area is 223 Å². The molecule has 39 heavy (non-hydrogen) atoms. The number of methoxy groups -OCH3 is 2. The molecule has 0 radical (unpaired) electrons. The highest BCUT2D eigenvalue weighted by Crippen LogP contribution is 2.32. The molecule has 15 heteroatoms. The number of aromatic nitrogens is 3. The average Bonchev–Trinajstić information content (AvgIpc) is 3.28. The average molecular weight is 582 g/mol. The number of halogens is 2. The highest BCUT2D eigenvalue weighted by molar-refractivity contribution is 7.90. The van der Waals surface area contributed by atoms with Gasteiger partial charge in [-0.05, 0) is 29.8 Å². The Morgan fingerprint density at radius 2 is 1.90 bits per heavy atom. The van der Waals surface area contributed by atoms with Gasteiger partial charge in [0.2, 0.25) is 15.2 Å². The van der Waals surface area contributed by atoms with Crippen molar-refractivity contribution >= 4 is 37.8 Å². The number of carboxylic acid groups (broad SMARTS) is 1. The third-order valence-electron chi connectivity index (χ3n) is 5.42. The van der Waals surface area contributed by atoms with Gasteiger partial charge in [0.25, 0.3) is 0 Å². The van der Waals surface area contributed by atoms with Crippen molar-refractivity contribution in [3.05, 3.63) is 71.5 Å². The van der Waals surface area contributed by atoms with E-state index in [4.69, 9.17) is 9.47 Å². The van der Waals surface area contributed by atoms with Gasteiger partial charge in [0.15, 0.2) is 11.5 Å². The van der Waals surface area contributed by atoms with E-state index in [-0.39, 0.29) is 45.1 Å². The zero-order chi connectivity index (χ0) is 28.3. The number of pyridine rings is 1. The molecule has 0 bridgehead atoms. The molecule has 0 spiro atoms. The van der Waals surface area contributed by atoms with E-state index >= 15 is 0 Å². The first-order valence-corrected chi connectivity index (χ1v) is 13.9. The quantitative estimate of drug-likeness (QED) is 0.279. The Morgan fingerprint density at radius 1 is 1.13 bits per heavy atom. The van der Waals surface area contributed by atoms with E-state index in [1.54, 1.807) is 0 Å². The van der Waals surface area contributed by atoms with Gasteiger partial charge in [-0.1, -0.05) is 12.1 Å². The van der Waals surface area contributed by atoms with E-state index in [0.717, 1.165) is 6.07 Å². The van der Waals surface area contributed by atoms with Gasteiger partial charge in [0.05, 0.1) is 58.8 Å². The molecule has 1 unspecified atom stereocenters. The molecule has 11 nitrogen and oxygen atoms in total. The molecule has 0 saturated carbocycles. The minimum absolute atomic E-state index is 0.0494. The molecule has 0 fully saturated rings. The summed E-state index contributed by atoms with van der Waals surface area (Å²) < 4.78 is 82.3. The number of hydrogen-bond donors (Lipinski definition) is 1. The lowest BCUT2D eigenvalue weighted by atomic mass is 10.1. The Morgan fingerprint density at radius 3 is 2.56 bits per heavy atom. The molecular weight excluding hydrogens is 560 g/mol. The number of alkyl halides is 2. The molecule has 0 aliphatic rings. The smallest absolute Gasteiger partial charge is 0.387 e. The summed E-state index contributed by atoms with van der Waals surface area (Å²) in [6.45, 7) is -3.17. The molecule has 0 aliphatic heterocycles. The number of benzene rings is 2. The van der Waals surface area contributed by atoms with Crippen molar-refractivity contribution < 1.29 is 45.5 Å². The van der Waals surface area contributed by atoms with Crippen LogP contribution in [-0.2, 0) is 32.3 Å². The lowest BCUT2D eigenvalue weighted by molar-refractivity contribution is -0.0497. The van der Waals surface area contributed by atoms with E-state index < -0.39 is 44.3 Å². The lowest BCUT2D eigenvalue weighted by Gasteiger charge is -2.13. The van der Waals surface area contributed by atoms with Crippen LogP contribution >= 0.6 is 0 Å². The van der Waals surface area contributed by atoms with Crippen molar-refractivity contribution in [3.8, 4) is 17.2 Å². The van der Waals surface area contributed by atoms with Crippen molar-refractivity contribution in [2.45, 2.75) is 23.3 Å². The SMILES string of the molecule is COc1ccnc(CS(=O)c2nc3ccc(OC(F)F)cc3n2S(=O)(=O)Cc2cccc(C(=O)O)c2)c1OC. The fourth-order valence-corrected chi connectivity index (χ4v) is 6.92. The van der Waals surface area contributed by atoms with E-state index in [1.165, 1.54) is 62.9 Å². The Kier molecular flexibility index (Phi) is 8.11. The summed E-state index contributed by atoms with van der Waals surface area (Å²) >= 11 is 0. The summed E-state index contributed by atoms with van der Waals surface area (Å²) in [5, 5.41) is 8.86. The second kappa shape index (κ2) is 11.3. The third kappa shape index (κ3) is 5.98. The molecule has 206 valence electrons. The fourth-order valence-electron chi connectivity index (χ4n) is 3.81. The van der Waals surface area contributed by atoms with Crippen LogP contribution in [0.15, 0.2) is 59.9 Å². The first kappa shape index (κ1) is 27.9. The van der Waals surface area contributed by atoms with Crippen molar-refractivity contribution in [1.82, 2.24) is 13.9 Å². The van der Waals surface area contributed by atoms with Crippen LogP contribution in [0.5, 0.6) is 17.2 Å². The van der Waals surface area contributed by atoms with Crippen LogP contribution in [0.3, 0.4) is 0 Å². The maximum Gasteiger partial charge on any atom is 0.387 e. The molecule has 2 heterocycles. The van der Waals surface area contributed by atoms with Crippen molar-refractivity contribution in [1.29, 1.82) is 0 Å². The number of nitrogens with zero attached hydrogens (tertiary/aromatic N) is 3. The van der Waals surface area contributed by atoms with Crippen LogP contribution in [0.1, 0.15) is 21.6 Å². The van der Waals surface area contributed by atoms with Gasteiger partial charge in [-0.15, -0.1) is 0 Å². The normalized spacial score (nSPS) is 12.4. The zero-order valence-corrected chi connectivity index (χ0v) is 22.0. The van der Waals surface area contributed by atoms with Gasteiger partial charge < -0.3 is 19.3 Å². The molecule has 0 aliphatic carbocycles. The minimum atomic E-state index is -4.43. The summed E-state index contributed by atoms with van der Waals surface area (Å²) in [7, 11) is -3.81. The summed E-state index contributed by atoms with van der Waals surface area (Å²) in [5.74, 6) is -2.11. The number of carboxylic acids is 1. The van der Waals surface area contributed by atoms with Crippen LogP contribution < -0.4 is 14.2 Å². The number of carbonyl (C=O) groups is 1. The van der Waals surface area contributed by atoms with Crippen LogP contribution in [-0.4, -0.2) is 58.5 Å². The lowest BCUT2D eigenvalue weighted by Crippen LogP contribution is -2.19. The second-order valence-corrected chi connectivity index (χ2v) is 11.1. The van der Waals surface area contributed by atoms with E-state index in [0.29, 0.717) is 9.72 Å². The number of imidazole rings is 1. The fraction of sp³-hybridized carbons (Fsp3) is 0.208. The second-order valence-electron chi connectivity index (χ2n) is 7.93. The molecule has 4 rings (SSSR count). The molecule has 1 N–H and O–H groups in total. The topological polar surface area (TPSA) is 147 Å². The van der Waals surface area contributed by atoms with Gasteiger partial charge in [0.1, 0.15) is 5.75 Å². The van der Waals surface area contributed by atoms with Gasteiger partial charge in [0, 0.05) is 18.3 Å². The van der Waals surface area contributed by atoms with Crippen molar-refractivity contribution in [2.24, 2.45) is 0 Å². The summed E-state index contributed by atoms with van der Waals surface area (Å²) in [6, 6.07) is 10.3. The van der Waals surface area contributed by atoms with Gasteiger partial charge in [-0.25, -0.2) is 22.2 Å². The van der Waals surface area contributed by atoms with Gasteiger partial charge in [-0.3, -0.25) is 9.19 Å². The Balaban J connectivity index is 1.85. The monoisotopic (exact) mass is 581 g/mol. The number of fused-ring (bicyclic) bond motifs is 1. The molecular formula is C24H21F2N3O8S2. The highest BCUT2D eigenvalue weighted by atomic mass is 32.2. The van der Waals surface area contributed by atoms with E-state index in [9.17, 15) is 31.3 Å². The summed E-state index contributed by atoms with van der Waals surface area (Å²) in [6.07, 6.45) is 1.40. The van der Waals surface area contributed by atoms with Crippen LogP contribution in [0, 0.1) is 0 Å². The van der Waals surface area contributed by atoms with Crippen LogP contribution in [0.2, 0.25) is 0 Å². The van der Waals surface area contributed by atoms with Gasteiger partial charge >= 0.3 is 12.6 Å². The number of rotatable bonds is 11. The largest absolute Gasteiger partial charge is 0.493 e. The van der Waals surface area contributed by atoms with Crippen LogP contribution in [0.25, 0.3) is 11.0 Å². The predicted molar refractivity (Wildman–Crippen MR) is 135 cm³/mol.